The van der Waals surface area contributed by atoms with Crippen LogP contribution >= 0.6 is 0 Å². The Labute approximate surface area is 411 Å². The summed E-state index contributed by atoms with van der Waals surface area (Å²) in [7, 11) is 7.27. The van der Waals surface area contributed by atoms with Crippen LogP contribution in [0.15, 0.2) is 53.8 Å². The molecule has 2 bridgehead atoms. The molecule has 2 N–H and O–H groups in total. The number of aliphatic hydroxyl groups is 2. The fraction of sp³-hybridized carbons (Fsp3) is 0.709. The Morgan fingerprint density at radius 1 is 0.957 bits per heavy atom. The minimum atomic E-state index is -2.51. The number of piperidine rings is 1. The van der Waals surface area contributed by atoms with Crippen molar-refractivity contribution in [1.82, 2.24) is 9.47 Å². The maximum atomic E-state index is 14.7. The Kier molecular flexibility index (Phi) is 18.9. The third-order valence-electron chi connectivity index (χ3n) is 15.9. The second kappa shape index (κ2) is 24.0. The van der Waals surface area contributed by atoms with Gasteiger partial charge in [0, 0.05) is 88.4 Å². The van der Waals surface area contributed by atoms with Crippen molar-refractivity contribution in [2.75, 3.05) is 39.3 Å². The van der Waals surface area contributed by atoms with Gasteiger partial charge in [-0.3, -0.25) is 14.4 Å². The monoisotopic (exact) mass is 962 g/mol. The summed E-state index contributed by atoms with van der Waals surface area (Å²) in [4.78, 5) is 61.2. The largest absolute Gasteiger partial charge is 0.456 e. The molecule has 69 heavy (non-hydrogen) atoms. The number of hydrogen-bond donors (Lipinski definition) is 2. The molecule has 14 unspecified atom stereocenters. The van der Waals surface area contributed by atoms with Crippen molar-refractivity contribution in [3.05, 3.63) is 53.8 Å². The Morgan fingerprint density at radius 2 is 1.68 bits per heavy atom. The standard InChI is InChI=1S/C55H83N3O11/c1-12-24-67-47-30-38(17-19-43(47)57(9)41-18-20-42-40(31-41)21-23-56(42)8)28-35(5)50-37(7)45(59)32-46(60)39(13-2)26-33(3)25-34(4)27-48(65-10)51-49(66-11)29-36(6)55(64,69-51)52(61)53(62)58-22-15-14-16-44(58)54(63)68-50/h18,20-21,23,26,28,31,34,36-39,43-45,47-51,59,64H,12-17,19,22,24-25,27,29-30,32H2,1-11H3/b33-26+,35-28?. The van der Waals surface area contributed by atoms with E-state index in [2.05, 4.69) is 66.9 Å². The van der Waals surface area contributed by atoms with Crippen molar-refractivity contribution in [1.29, 1.82) is 0 Å². The zero-order valence-electron chi connectivity index (χ0n) is 43.4. The Hall–Kier alpha value is -3.92. The second-order valence-electron chi connectivity index (χ2n) is 21.1. The Morgan fingerprint density at radius 3 is 2.38 bits per heavy atom. The molecule has 3 aliphatic heterocycles. The van der Waals surface area contributed by atoms with Crippen molar-refractivity contribution in [2.45, 2.75) is 180 Å². The number of aromatic nitrogens is 1. The first kappa shape index (κ1) is 54.4. The van der Waals surface area contributed by atoms with Gasteiger partial charge in [-0.1, -0.05) is 52.3 Å². The molecule has 2 saturated heterocycles. The number of Topliss-reactive ketones (excluding diaryl/α,β-unsaturated/α-hetero) is 2. The number of carbonyl (C=O) groups excluding carboxylic acids is 4. The number of allylic oxidation sites excluding steroid dienone is 3. The molecule has 14 atom stereocenters. The summed E-state index contributed by atoms with van der Waals surface area (Å²) in [5, 5.41) is 25.3. The lowest BCUT2D eigenvalue weighted by Gasteiger charge is -2.47. The SMILES string of the molecule is CCCOC1CC(C=C(C)C2OC(=O)C3CCCCN3C(=O)C(=O)C3(O)OC(C(OC)CC(C)C/C(C)=C/C(CC)C(=O)CC(O)C2C)C(OC)CC3C)CCC1N(C)c1ccc2c(ccn2C)c1. The number of ketones is 2. The lowest BCUT2D eigenvalue weighted by molar-refractivity contribution is -0.302. The fourth-order valence-corrected chi connectivity index (χ4v) is 11.7. The first-order chi connectivity index (χ1) is 32.8. The molecule has 0 radical (unpaired) electrons. The fourth-order valence-electron chi connectivity index (χ4n) is 11.7. The van der Waals surface area contributed by atoms with E-state index < -0.39 is 77.8 Å². The molecule has 2 aromatic rings. The number of carbonyl (C=O) groups is 4. The van der Waals surface area contributed by atoms with Gasteiger partial charge >= 0.3 is 5.97 Å². The van der Waals surface area contributed by atoms with Gasteiger partial charge in [-0.2, -0.15) is 0 Å². The Balaban J connectivity index is 1.32. The van der Waals surface area contributed by atoms with Gasteiger partial charge in [-0.05, 0) is 126 Å². The van der Waals surface area contributed by atoms with Gasteiger partial charge in [0.05, 0.1) is 30.5 Å². The first-order valence-electron chi connectivity index (χ1n) is 25.8. The van der Waals surface area contributed by atoms with Crippen LogP contribution in [0.3, 0.4) is 0 Å². The minimum absolute atomic E-state index is 0.0336. The van der Waals surface area contributed by atoms with Crippen molar-refractivity contribution in [2.24, 2.45) is 36.6 Å². The maximum absolute atomic E-state index is 14.7. The van der Waals surface area contributed by atoms with Crippen molar-refractivity contribution < 1.29 is 53.1 Å². The zero-order valence-corrected chi connectivity index (χ0v) is 43.4. The van der Waals surface area contributed by atoms with Crippen LogP contribution in [0.5, 0.6) is 0 Å². The minimum Gasteiger partial charge on any atom is -0.456 e. The molecule has 1 aliphatic carbocycles. The molecule has 14 nitrogen and oxygen atoms in total. The number of nitrogens with zero attached hydrogens (tertiary/aromatic N) is 3. The van der Waals surface area contributed by atoms with Crippen LogP contribution in [0.2, 0.25) is 0 Å². The average molecular weight is 962 g/mol. The molecule has 6 rings (SSSR count). The number of hydrogen-bond acceptors (Lipinski definition) is 12. The quantitative estimate of drug-likeness (QED) is 0.135. The molecule has 1 aromatic carbocycles. The number of esters is 1. The Bertz CT molecular complexity index is 2150. The highest BCUT2D eigenvalue weighted by atomic mass is 16.7. The van der Waals surface area contributed by atoms with E-state index in [1.54, 1.807) is 28.1 Å². The summed E-state index contributed by atoms with van der Waals surface area (Å²) >= 11 is 0. The van der Waals surface area contributed by atoms with E-state index in [1.807, 2.05) is 33.9 Å². The molecule has 0 spiro atoms. The highest BCUT2D eigenvalue weighted by molar-refractivity contribution is 6.39. The number of likely N-dealkylation sites (N-methyl/N-ethyl adjacent to an activating group) is 1. The van der Waals surface area contributed by atoms with Crippen LogP contribution in [-0.4, -0.2) is 132 Å². The normalized spacial score (nSPS) is 36.0. The topological polar surface area (TPSA) is 166 Å². The predicted molar refractivity (Wildman–Crippen MR) is 266 cm³/mol. The van der Waals surface area contributed by atoms with E-state index in [-0.39, 0.29) is 55.6 Å². The summed E-state index contributed by atoms with van der Waals surface area (Å²) in [6, 6.07) is 7.67. The molecule has 14 heteroatoms. The molecule has 4 aliphatic rings. The summed E-state index contributed by atoms with van der Waals surface area (Å²) in [5.41, 5.74) is 4.03. The van der Waals surface area contributed by atoms with E-state index in [0.29, 0.717) is 38.7 Å². The third-order valence-corrected chi connectivity index (χ3v) is 15.9. The average Bonchev–Trinajstić information content (AvgIpc) is 3.71. The van der Waals surface area contributed by atoms with Gasteiger partial charge in [0.15, 0.2) is 0 Å². The van der Waals surface area contributed by atoms with Crippen LogP contribution in [0.1, 0.15) is 126 Å². The smallest absolute Gasteiger partial charge is 0.329 e. The van der Waals surface area contributed by atoms with Gasteiger partial charge in [-0.25, -0.2) is 4.79 Å². The first-order valence-corrected chi connectivity index (χ1v) is 25.8. The summed E-state index contributed by atoms with van der Waals surface area (Å²) in [5.74, 6) is -7.37. The molecule has 3 fully saturated rings. The van der Waals surface area contributed by atoms with E-state index in [0.717, 1.165) is 42.5 Å². The molecular weight excluding hydrogens is 879 g/mol. The molecule has 1 saturated carbocycles. The van der Waals surface area contributed by atoms with Crippen LogP contribution in [0, 0.1) is 29.6 Å². The van der Waals surface area contributed by atoms with Gasteiger partial charge in [-0.15, -0.1) is 0 Å². The van der Waals surface area contributed by atoms with Crippen molar-refractivity contribution >= 4 is 40.0 Å². The van der Waals surface area contributed by atoms with E-state index >= 15 is 0 Å². The number of anilines is 1. The molecule has 1 amide bonds. The van der Waals surface area contributed by atoms with Gasteiger partial charge in [0.25, 0.3) is 11.7 Å². The number of fused-ring (bicyclic) bond motifs is 4. The zero-order chi connectivity index (χ0) is 50.3. The third kappa shape index (κ3) is 12.4. The van der Waals surface area contributed by atoms with E-state index in [9.17, 15) is 29.4 Å². The number of ether oxygens (including phenoxy) is 5. The van der Waals surface area contributed by atoms with E-state index in [4.69, 9.17) is 23.7 Å². The number of methoxy groups -OCH3 is 2. The molecule has 384 valence electrons. The van der Waals surface area contributed by atoms with Crippen LogP contribution < -0.4 is 4.90 Å². The molecular formula is C55H83N3O11. The molecule has 1 aromatic heterocycles. The van der Waals surface area contributed by atoms with Crippen LogP contribution in [-0.2, 0) is 49.9 Å². The number of aryl methyl sites for hydroxylation is 1. The summed E-state index contributed by atoms with van der Waals surface area (Å²) < 4.78 is 33.3. The van der Waals surface area contributed by atoms with Crippen LogP contribution in [0.25, 0.3) is 10.9 Å². The number of amides is 1. The number of rotatable bonds is 10. The second-order valence-corrected chi connectivity index (χ2v) is 21.1. The van der Waals surface area contributed by atoms with Crippen LogP contribution in [0.4, 0.5) is 5.69 Å². The van der Waals surface area contributed by atoms with Gasteiger partial charge in [0.2, 0.25) is 5.79 Å². The lowest BCUT2D eigenvalue weighted by atomic mass is 9.80. The number of benzene rings is 1. The highest BCUT2D eigenvalue weighted by Gasteiger charge is 2.56. The van der Waals surface area contributed by atoms with E-state index in [1.165, 1.54) is 15.8 Å². The van der Waals surface area contributed by atoms with Crippen molar-refractivity contribution in [3.8, 4) is 0 Å². The van der Waals surface area contributed by atoms with Gasteiger partial charge < -0.3 is 48.3 Å². The molecule has 4 heterocycles. The van der Waals surface area contributed by atoms with Crippen molar-refractivity contribution in [3.63, 3.8) is 0 Å². The number of cyclic esters (lactones) is 1. The highest BCUT2D eigenvalue weighted by Crippen LogP contribution is 2.40. The number of aliphatic hydroxyl groups excluding tert-OH is 1. The predicted octanol–water partition coefficient (Wildman–Crippen LogP) is 7.89. The summed E-state index contributed by atoms with van der Waals surface area (Å²) in [6.45, 7) is 14.2. The van der Waals surface area contributed by atoms with Gasteiger partial charge in [0.1, 0.15) is 24.0 Å². The lowest BCUT2D eigenvalue weighted by Crippen LogP contribution is -2.64. The summed E-state index contributed by atoms with van der Waals surface area (Å²) in [6.07, 6.45) is 8.40. The maximum Gasteiger partial charge on any atom is 0.329 e.